The van der Waals surface area contributed by atoms with Crippen molar-refractivity contribution in [3.05, 3.63) is 67.1 Å². The summed E-state index contributed by atoms with van der Waals surface area (Å²) in [6.07, 6.45) is 3.24. The number of amides is 1. The van der Waals surface area contributed by atoms with Crippen molar-refractivity contribution in [3.8, 4) is 22.6 Å². The average molecular weight is 417 g/mol. The lowest BCUT2D eigenvalue weighted by Gasteiger charge is -2.22. The maximum atomic E-state index is 12.3. The topological polar surface area (TPSA) is 95.5 Å². The first-order valence-electron chi connectivity index (χ1n) is 9.80. The number of fused-ring (bicyclic) bond motifs is 1. The third-order valence-corrected chi connectivity index (χ3v) is 4.87. The molecular weight excluding hydrogens is 394 g/mol. The second-order valence-electron chi connectivity index (χ2n) is 6.92. The number of carbonyl (C=O) groups is 1. The number of methoxy groups -OCH3 is 1. The maximum Gasteiger partial charge on any atom is 0.238 e. The molecule has 0 spiro atoms. The number of rotatable bonds is 7. The van der Waals surface area contributed by atoms with Gasteiger partial charge in [0.05, 0.1) is 18.5 Å². The van der Waals surface area contributed by atoms with Crippen LogP contribution in [0, 0.1) is 0 Å². The van der Waals surface area contributed by atoms with E-state index >= 15 is 0 Å². The molecule has 31 heavy (non-hydrogen) atoms. The van der Waals surface area contributed by atoms with Crippen molar-refractivity contribution in [2.75, 3.05) is 31.0 Å². The van der Waals surface area contributed by atoms with E-state index in [4.69, 9.17) is 15.2 Å². The lowest BCUT2D eigenvalue weighted by molar-refractivity contribution is -0.118. The Hall–Kier alpha value is -3.91. The monoisotopic (exact) mass is 417 g/mol. The molecule has 2 N–H and O–H groups in total. The van der Waals surface area contributed by atoms with E-state index < -0.39 is 0 Å². The largest absolute Gasteiger partial charge is 0.457 e. The Morgan fingerprint density at radius 1 is 1.06 bits per heavy atom. The molecule has 1 amide bonds. The van der Waals surface area contributed by atoms with E-state index in [9.17, 15) is 4.79 Å². The normalized spacial score (nSPS) is 10.9. The van der Waals surface area contributed by atoms with Crippen molar-refractivity contribution in [2.45, 2.75) is 6.92 Å². The summed E-state index contributed by atoms with van der Waals surface area (Å²) < 4.78 is 12.7. The maximum absolute atomic E-state index is 12.3. The number of hydrogen-bond donors (Lipinski definition) is 1. The van der Waals surface area contributed by atoms with Gasteiger partial charge in [-0.15, -0.1) is 0 Å². The summed E-state index contributed by atoms with van der Waals surface area (Å²) in [4.78, 5) is 20.8. The zero-order valence-corrected chi connectivity index (χ0v) is 17.4. The summed E-state index contributed by atoms with van der Waals surface area (Å²) in [7, 11) is 1.59. The zero-order chi connectivity index (χ0) is 21.8. The number of nitrogen functional groups attached to an aromatic ring is 1. The van der Waals surface area contributed by atoms with Crippen LogP contribution in [0.4, 0.5) is 5.82 Å². The minimum atomic E-state index is -0.135. The van der Waals surface area contributed by atoms with Gasteiger partial charge in [-0.3, -0.25) is 4.79 Å². The van der Waals surface area contributed by atoms with E-state index in [-0.39, 0.29) is 5.91 Å². The van der Waals surface area contributed by atoms with Gasteiger partial charge >= 0.3 is 0 Å². The molecule has 8 heteroatoms. The molecule has 2 aromatic heterocycles. The highest BCUT2D eigenvalue weighted by Crippen LogP contribution is 2.34. The Balaban J connectivity index is 1.74. The fraction of sp³-hybridized carbons (Fsp3) is 0.174. The van der Waals surface area contributed by atoms with Crippen LogP contribution < -0.4 is 15.5 Å². The fourth-order valence-electron chi connectivity index (χ4n) is 3.39. The van der Waals surface area contributed by atoms with E-state index in [0.717, 1.165) is 16.9 Å². The molecule has 0 radical (unpaired) electrons. The van der Waals surface area contributed by atoms with Crippen molar-refractivity contribution in [2.24, 2.45) is 0 Å². The summed E-state index contributed by atoms with van der Waals surface area (Å²) >= 11 is 0. The predicted molar refractivity (Wildman–Crippen MR) is 120 cm³/mol. The molecule has 0 aliphatic rings. The minimum absolute atomic E-state index is 0.135. The van der Waals surface area contributed by atoms with Crippen molar-refractivity contribution < 1.29 is 14.3 Å². The molecule has 0 aliphatic heterocycles. The van der Waals surface area contributed by atoms with Gasteiger partial charge in [0.15, 0.2) is 5.65 Å². The molecule has 0 saturated heterocycles. The number of anilines is 1. The van der Waals surface area contributed by atoms with Crippen LogP contribution in [0.15, 0.2) is 67.1 Å². The lowest BCUT2D eigenvalue weighted by Crippen LogP contribution is -2.40. The van der Waals surface area contributed by atoms with Crippen molar-refractivity contribution in [3.63, 3.8) is 0 Å². The van der Waals surface area contributed by atoms with E-state index in [1.165, 1.54) is 13.3 Å². The van der Waals surface area contributed by atoms with Gasteiger partial charge in [0.2, 0.25) is 5.91 Å². The number of para-hydroxylation sites is 1. The first-order valence-corrected chi connectivity index (χ1v) is 9.80. The third kappa shape index (κ3) is 4.19. The van der Waals surface area contributed by atoms with Gasteiger partial charge in [0.1, 0.15) is 23.6 Å². The Morgan fingerprint density at radius 3 is 2.45 bits per heavy atom. The van der Waals surface area contributed by atoms with Crippen molar-refractivity contribution >= 4 is 22.8 Å². The van der Waals surface area contributed by atoms with E-state index in [0.29, 0.717) is 35.8 Å². The number of nitrogens with two attached hydrogens (primary N) is 1. The second-order valence-corrected chi connectivity index (χ2v) is 6.92. The summed E-state index contributed by atoms with van der Waals surface area (Å²) in [5, 5.41) is 2.25. The van der Waals surface area contributed by atoms with Crippen molar-refractivity contribution in [1.82, 2.24) is 14.6 Å². The molecule has 2 heterocycles. The van der Waals surface area contributed by atoms with Gasteiger partial charge in [-0.1, -0.05) is 30.3 Å². The van der Waals surface area contributed by atoms with E-state index in [1.54, 1.807) is 16.8 Å². The molecule has 2 aromatic carbocycles. The third-order valence-electron chi connectivity index (χ3n) is 4.87. The molecule has 0 bridgehead atoms. The van der Waals surface area contributed by atoms with Crippen molar-refractivity contribution in [1.29, 1.82) is 0 Å². The second kappa shape index (κ2) is 8.85. The smallest absolute Gasteiger partial charge is 0.238 e. The molecular formula is C23H23N5O3. The first kappa shape index (κ1) is 20.4. The van der Waals surface area contributed by atoms with Crippen LogP contribution in [-0.4, -0.2) is 40.8 Å². The number of carbonyl (C=O) groups excluding carboxylic acids is 1. The van der Waals surface area contributed by atoms with Crippen LogP contribution in [0.1, 0.15) is 6.92 Å². The number of aromatic nitrogens is 3. The summed E-state index contributed by atoms with van der Waals surface area (Å²) in [6, 6.07) is 17.2. The lowest BCUT2D eigenvalue weighted by atomic mass is 10.1. The number of hydrogen-bond acceptors (Lipinski definition) is 6. The molecule has 8 nitrogen and oxygen atoms in total. The van der Waals surface area contributed by atoms with E-state index in [2.05, 4.69) is 9.97 Å². The number of ether oxygens (including phenoxy) is 2. The van der Waals surface area contributed by atoms with Gasteiger partial charge in [-0.25, -0.2) is 19.7 Å². The molecule has 0 unspecified atom stereocenters. The van der Waals surface area contributed by atoms with Gasteiger partial charge in [0, 0.05) is 25.8 Å². The molecule has 0 saturated carbocycles. The van der Waals surface area contributed by atoms with Gasteiger partial charge in [-0.05, 0) is 29.8 Å². The molecule has 0 atom stereocenters. The average Bonchev–Trinajstić information content (AvgIpc) is 3.16. The van der Waals surface area contributed by atoms with Crippen LogP contribution in [-0.2, 0) is 9.53 Å². The van der Waals surface area contributed by atoms with Crippen LogP contribution in [0.25, 0.3) is 22.2 Å². The summed E-state index contributed by atoms with van der Waals surface area (Å²) in [5.74, 6) is 1.69. The SMILES string of the molecule is COCCN(C(C)=O)n1cc(-c2ccc(Oc3ccccc3)cc2)c2c(N)ncnc21. The Bertz CT molecular complexity index is 1190. The number of nitrogens with zero attached hydrogens (tertiary/aromatic N) is 4. The number of benzene rings is 2. The van der Waals surface area contributed by atoms with Gasteiger partial charge in [0.25, 0.3) is 0 Å². The molecule has 0 fully saturated rings. The van der Waals surface area contributed by atoms with E-state index in [1.807, 2.05) is 60.8 Å². The van der Waals surface area contributed by atoms with Gasteiger partial charge in [-0.2, -0.15) is 0 Å². The van der Waals surface area contributed by atoms with Crippen LogP contribution in [0.2, 0.25) is 0 Å². The summed E-state index contributed by atoms with van der Waals surface area (Å²) in [5.41, 5.74) is 8.48. The highest BCUT2D eigenvalue weighted by Gasteiger charge is 2.20. The Labute approximate surface area is 179 Å². The van der Waals surface area contributed by atoms with Gasteiger partial charge < -0.3 is 15.2 Å². The highest BCUT2D eigenvalue weighted by atomic mass is 16.5. The molecule has 4 aromatic rings. The predicted octanol–water partition coefficient (Wildman–Crippen LogP) is 3.60. The molecule has 4 rings (SSSR count). The Kier molecular flexibility index (Phi) is 5.81. The van der Waals surface area contributed by atoms with Crippen LogP contribution in [0.3, 0.4) is 0 Å². The zero-order valence-electron chi connectivity index (χ0n) is 17.4. The highest BCUT2D eigenvalue weighted by molar-refractivity contribution is 6.01. The summed E-state index contributed by atoms with van der Waals surface area (Å²) in [6.45, 7) is 2.27. The Morgan fingerprint density at radius 2 is 1.77 bits per heavy atom. The fourth-order valence-corrected chi connectivity index (χ4v) is 3.39. The minimum Gasteiger partial charge on any atom is -0.457 e. The molecule has 0 aliphatic carbocycles. The van der Waals surface area contributed by atoms with Crippen LogP contribution in [0.5, 0.6) is 11.5 Å². The first-order chi connectivity index (χ1) is 15.1. The molecule has 158 valence electrons. The van der Waals surface area contributed by atoms with Crippen LogP contribution >= 0.6 is 0 Å². The quantitative estimate of drug-likeness (QED) is 0.494. The standard InChI is InChI=1S/C23H23N5O3/c1-16(29)27(12-13-30-2)28-14-20(21-22(24)25-15-26-23(21)28)17-8-10-19(11-9-17)31-18-6-4-3-5-7-18/h3-11,14-15H,12-13H2,1-2H3,(H2,24,25,26).